The van der Waals surface area contributed by atoms with Crippen molar-refractivity contribution in [2.24, 2.45) is 27.6 Å². The van der Waals surface area contributed by atoms with Gasteiger partial charge in [-0.05, 0) is 134 Å². The summed E-state index contributed by atoms with van der Waals surface area (Å²) in [6.07, 6.45) is 7.50. The molecule has 1 aliphatic heterocycles. The van der Waals surface area contributed by atoms with Gasteiger partial charge < -0.3 is 24.8 Å². The highest BCUT2D eigenvalue weighted by Gasteiger charge is 2.76. The van der Waals surface area contributed by atoms with Gasteiger partial charge in [0.2, 0.25) is 17.7 Å². The molecule has 2 aromatic rings. The molecule has 390 valence electrons. The van der Waals surface area contributed by atoms with E-state index in [1.54, 1.807) is 11.1 Å². The number of hydrogen-bond donors (Lipinski definition) is 2. The Morgan fingerprint density at radius 2 is 1.24 bits per heavy atom. The molecule has 2 unspecified atom stereocenters. The summed E-state index contributed by atoms with van der Waals surface area (Å²) in [6, 6.07) is 11.5. The first-order valence-electron chi connectivity index (χ1n) is 25.4. The molecule has 0 saturated heterocycles. The minimum Gasteiger partial charge on any atom is -0.469 e. The molecule has 4 bridgehead atoms. The first-order valence-corrected chi connectivity index (χ1v) is 26.1. The van der Waals surface area contributed by atoms with Crippen LogP contribution in [0.3, 0.4) is 0 Å². The maximum absolute atomic E-state index is 14.6. The number of methoxy groups -OCH3 is 2. The normalized spacial score (nSPS) is 33.0. The van der Waals surface area contributed by atoms with Gasteiger partial charge >= 0.3 is 11.9 Å². The quantitative estimate of drug-likeness (QED) is 0.151. The van der Waals surface area contributed by atoms with E-state index in [-0.39, 0.29) is 79.5 Å². The van der Waals surface area contributed by atoms with Crippen molar-refractivity contribution in [2.75, 3.05) is 20.8 Å². The van der Waals surface area contributed by atoms with Crippen molar-refractivity contribution < 1.29 is 51.3 Å². The van der Waals surface area contributed by atoms with Crippen LogP contribution in [0.15, 0.2) is 48.2 Å². The molecule has 0 radical (unpaired) electrons. The summed E-state index contributed by atoms with van der Waals surface area (Å²) in [5, 5.41) is 14.5. The predicted molar refractivity (Wildman–Crippen MR) is 264 cm³/mol. The van der Waals surface area contributed by atoms with Gasteiger partial charge in [-0.1, -0.05) is 89.0 Å². The van der Waals surface area contributed by atoms with Gasteiger partial charge in [0, 0.05) is 77.7 Å². The molecule has 15 heteroatoms. The Kier molecular flexibility index (Phi) is 13.8. The lowest BCUT2D eigenvalue weighted by atomic mass is 9.38. The lowest BCUT2D eigenvalue weighted by Gasteiger charge is -2.72. The van der Waals surface area contributed by atoms with E-state index in [4.69, 9.17) is 32.7 Å². The molecule has 11 rings (SSSR count). The number of rotatable bonds is 13. The summed E-state index contributed by atoms with van der Waals surface area (Å²) in [7, 11) is 2.74. The van der Waals surface area contributed by atoms with Crippen molar-refractivity contribution in [2.45, 2.75) is 191 Å². The number of aliphatic hydroxyl groups excluding tert-OH is 1. The Labute approximate surface area is 426 Å². The summed E-state index contributed by atoms with van der Waals surface area (Å²) in [4.78, 5) is 52.6. The molecule has 8 fully saturated rings. The van der Waals surface area contributed by atoms with Crippen LogP contribution in [0.5, 0.6) is 0 Å². The SMILES string of the molecule is COC(=O)C12CC(N3C=C4CC(F)(F)CC[C@@]4(c4ccc(CCC(C)(C)C)c(Cl)c4)CC3=O)(C1)C2.COC(=O)C12CC(NC(=O)CC3(c4ccc(CCC(C)(C)C)c(Cl)c4)CCC(F)(F)CC3CO)(C1)C2. The van der Waals surface area contributed by atoms with Crippen molar-refractivity contribution >= 4 is 47.0 Å². The maximum Gasteiger partial charge on any atom is 0.312 e. The summed E-state index contributed by atoms with van der Waals surface area (Å²) < 4.78 is 67.9. The van der Waals surface area contributed by atoms with Gasteiger partial charge in [-0.25, -0.2) is 17.6 Å². The van der Waals surface area contributed by atoms with E-state index in [0.717, 1.165) is 47.9 Å². The second-order valence-corrected chi connectivity index (χ2v) is 26.2. The monoisotopic (exact) mass is 1030 g/mol. The fourth-order valence-corrected chi connectivity index (χ4v) is 14.2. The smallest absolute Gasteiger partial charge is 0.312 e. The predicted octanol–water partition coefficient (Wildman–Crippen LogP) is 12.2. The molecule has 3 atom stereocenters. The van der Waals surface area contributed by atoms with Crippen LogP contribution in [0.25, 0.3) is 0 Å². The zero-order valence-corrected chi connectivity index (χ0v) is 44.2. The van der Waals surface area contributed by atoms with Crippen molar-refractivity contribution in [1.29, 1.82) is 0 Å². The molecular formula is C56H72Cl2F4N2O7. The molecule has 2 N–H and O–H groups in total. The topological polar surface area (TPSA) is 122 Å². The van der Waals surface area contributed by atoms with Gasteiger partial charge in [0.05, 0.1) is 30.6 Å². The molecule has 2 amide bonds. The molecule has 71 heavy (non-hydrogen) atoms. The number of esters is 2. The molecule has 8 aliphatic carbocycles. The Hall–Kier alpha value is -3.68. The number of benzene rings is 2. The van der Waals surface area contributed by atoms with E-state index in [9.17, 15) is 41.8 Å². The van der Waals surface area contributed by atoms with Gasteiger partial charge in [-0.3, -0.25) is 19.2 Å². The number of aliphatic hydroxyl groups is 1. The number of ether oxygens (including phenoxy) is 2. The number of allylic oxidation sites excluding steroid dienone is 1. The molecule has 0 aromatic heterocycles. The highest BCUT2D eigenvalue weighted by molar-refractivity contribution is 6.31. The Bertz CT molecular complexity index is 2460. The maximum atomic E-state index is 14.6. The van der Waals surface area contributed by atoms with Crippen LogP contribution < -0.4 is 5.32 Å². The van der Waals surface area contributed by atoms with E-state index < -0.39 is 63.5 Å². The summed E-state index contributed by atoms with van der Waals surface area (Å²) in [5.74, 6) is -7.26. The van der Waals surface area contributed by atoms with Crippen molar-refractivity contribution in [3.63, 3.8) is 0 Å². The second-order valence-electron chi connectivity index (χ2n) is 25.4. The molecular weight excluding hydrogens is 960 g/mol. The van der Waals surface area contributed by atoms with E-state index in [2.05, 4.69) is 46.9 Å². The third-order valence-corrected chi connectivity index (χ3v) is 18.4. The van der Waals surface area contributed by atoms with Crippen molar-refractivity contribution in [3.8, 4) is 0 Å². The van der Waals surface area contributed by atoms with Gasteiger partial charge in [-0.2, -0.15) is 0 Å². The zero-order chi connectivity index (χ0) is 52.0. The minimum absolute atomic E-state index is 0.0149. The molecule has 2 aromatic carbocycles. The van der Waals surface area contributed by atoms with Gasteiger partial charge in [0.1, 0.15) is 0 Å². The fourth-order valence-electron chi connectivity index (χ4n) is 13.6. The van der Waals surface area contributed by atoms with Crippen molar-refractivity contribution in [3.05, 3.63) is 80.5 Å². The first kappa shape index (κ1) is 53.6. The average molecular weight is 1030 g/mol. The fraction of sp³-hybridized carbons (Fsp3) is 0.679. The minimum atomic E-state index is -2.88. The van der Waals surface area contributed by atoms with Crippen LogP contribution in [0.4, 0.5) is 17.6 Å². The summed E-state index contributed by atoms with van der Waals surface area (Å²) >= 11 is 13.4. The van der Waals surface area contributed by atoms with Crippen LogP contribution >= 0.6 is 23.2 Å². The van der Waals surface area contributed by atoms with Crippen LogP contribution in [0, 0.1) is 27.6 Å². The molecule has 0 spiro atoms. The number of halogens is 6. The third kappa shape index (κ3) is 10.0. The Balaban J connectivity index is 0.000000190. The van der Waals surface area contributed by atoms with Gasteiger partial charge in [-0.15, -0.1) is 0 Å². The summed E-state index contributed by atoms with van der Waals surface area (Å²) in [6.45, 7) is 12.6. The number of nitrogens with one attached hydrogen (secondary N) is 1. The molecule has 1 heterocycles. The Morgan fingerprint density at radius 3 is 1.75 bits per heavy atom. The molecule has 9 aliphatic rings. The highest BCUT2D eigenvalue weighted by Crippen LogP contribution is 2.72. The van der Waals surface area contributed by atoms with E-state index in [1.807, 2.05) is 36.4 Å². The van der Waals surface area contributed by atoms with Crippen LogP contribution in [0.2, 0.25) is 10.0 Å². The second kappa shape index (κ2) is 18.3. The largest absolute Gasteiger partial charge is 0.469 e. The van der Waals surface area contributed by atoms with E-state index in [1.165, 1.54) is 14.2 Å². The average Bonchev–Trinajstić information content (AvgIpc) is 3.22. The number of fused-ring (bicyclic) bond motifs is 1. The number of nitrogens with zero attached hydrogens (tertiary/aromatic N) is 1. The van der Waals surface area contributed by atoms with Crippen LogP contribution in [-0.4, -0.2) is 77.5 Å². The number of hydrogen-bond acceptors (Lipinski definition) is 7. The number of aryl methyl sites for hydroxylation is 2. The zero-order valence-electron chi connectivity index (χ0n) is 42.7. The highest BCUT2D eigenvalue weighted by atomic mass is 35.5. The molecule has 9 nitrogen and oxygen atoms in total. The number of carbonyl (C=O) groups excluding carboxylic acids is 4. The van der Waals surface area contributed by atoms with E-state index >= 15 is 0 Å². The molecule has 8 saturated carbocycles. The first-order chi connectivity index (χ1) is 32.9. The summed E-state index contributed by atoms with van der Waals surface area (Å²) in [5.41, 5.74) is 0.958. The van der Waals surface area contributed by atoms with Gasteiger partial charge in [0.25, 0.3) is 5.92 Å². The standard InChI is InChI=1S/C28H38ClF2NO4.C28H34ClF2NO3/c1-24(2,3)8-7-18-5-6-19(11-21(18)29)27(9-10-28(30,31)12-20(27)14-33)13-22(34)32-26-15-25(16-26,17-26)23(35)36-4;1-24(2,3)8-7-18-5-6-19(11-21(18)29)27-9-10-28(30,31)12-20(27)14-32(22(33)13-27)26-15-25(16-26,17-26)23(34)35-4/h5-6,11,20,33H,7-10,12-17H2,1-4H3,(H,32,34);5-6,11,14H,7-10,12-13,15-17H2,1-4H3/t;25?,26?,27-/m.0/s1. The lowest BCUT2D eigenvalue weighted by molar-refractivity contribution is -0.226. The third-order valence-electron chi connectivity index (χ3n) is 17.7. The van der Waals surface area contributed by atoms with E-state index in [0.29, 0.717) is 54.1 Å². The van der Waals surface area contributed by atoms with Gasteiger partial charge in [0.15, 0.2) is 0 Å². The number of carbonyl (C=O) groups is 4. The van der Waals surface area contributed by atoms with Crippen LogP contribution in [0.1, 0.15) is 167 Å². The van der Waals surface area contributed by atoms with Crippen LogP contribution in [-0.2, 0) is 52.3 Å². The number of alkyl halides is 4. The number of amides is 2. The lowest BCUT2D eigenvalue weighted by Crippen LogP contribution is -2.77. The van der Waals surface area contributed by atoms with Crippen molar-refractivity contribution in [1.82, 2.24) is 10.2 Å². The Morgan fingerprint density at radius 1 is 0.732 bits per heavy atom.